The van der Waals surface area contributed by atoms with Gasteiger partial charge in [0.2, 0.25) is 10.0 Å². The Morgan fingerprint density at radius 3 is 2.62 bits per heavy atom. The molecule has 21 heavy (non-hydrogen) atoms. The fourth-order valence-electron chi connectivity index (χ4n) is 2.20. The molecule has 1 atom stereocenters. The van der Waals surface area contributed by atoms with Gasteiger partial charge in [0.25, 0.3) is 0 Å². The first-order valence-electron chi connectivity index (χ1n) is 6.55. The molecule has 0 aromatic carbocycles. The molecule has 0 amide bonds. The quantitative estimate of drug-likeness (QED) is 0.738. The molecule has 0 bridgehead atoms. The van der Waals surface area contributed by atoms with Gasteiger partial charge in [-0.25, -0.2) is 17.9 Å². The Bertz CT molecular complexity index is 595. The molecule has 0 saturated carbocycles. The second-order valence-corrected chi connectivity index (χ2v) is 8.14. The molecular formula is C13H22N2O4S2. The van der Waals surface area contributed by atoms with Crippen LogP contribution in [0, 0.1) is 5.92 Å². The van der Waals surface area contributed by atoms with Crippen LogP contribution >= 0.6 is 11.3 Å². The van der Waals surface area contributed by atoms with E-state index in [4.69, 9.17) is 5.73 Å². The minimum Gasteiger partial charge on any atom is -0.465 e. The number of esters is 1. The molecule has 0 saturated heterocycles. The molecule has 0 aliphatic heterocycles. The number of hydrogen-bond acceptors (Lipinski definition) is 6. The van der Waals surface area contributed by atoms with Gasteiger partial charge < -0.3 is 10.5 Å². The van der Waals surface area contributed by atoms with E-state index >= 15 is 0 Å². The van der Waals surface area contributed by atoms with Gasteiger partial charge in [0.05, 0.1) is 7.11 Å². The van der Waals surface area contributed by atoms with Gasteiger partial charge in [0, 0.05) is 12.1 Å². The van der Waals surface area contributed by atoms with Crippen LogP contribution in [0.1, 0.15) is 36.9 Å². The van der Waals surface area contributed by atoms with Gasteiger partial charge in [-0.05, 0) is 30.7 Å². The molecule has 0 aliphatic carbocycles. The van der Waals surface area contributed by atoms with E-state index in [2.05, 4.69) is 9.46 Å². The molecule has 0 spiro atoms. The van der Waals surface area contributed by atoms with E-state index in [-0.39, 0.29) is 22.2 Å². The summed E-state index contributed by atoms with van der Waals surface area (Å²) in [4.78, 5) is 11.6. The van der Waals surface area contributed by atoms with Crippen LogP contribution < -0.4 is 10.5 Å². The van der Waals surface area contributed by atoms with Crippen molar-refractivity contribution in [3.8, 4) is 0 Å². The molecule has 8 heteroatoms. The summed E-state index contributed by atoms with van der Waals surface area (Å²) in [6.45, 7) is 5.91. The number of methoxy groups -OCH3 is 1. The number of nitrogens with one attached hydrogen (secondary N) is 1. The Balaban J connectivity index is 3.12. The Labute approximate surface area is 129 Å². The number of thiophene rings is 1. The molecule has 1 unspecified atom stereocenters. The van der Waals surface area contributed by atoms with Gasteiger partial charge in [0.1, 0.15) is 9.77 Å². The lowest BCUT2D eigenvalue weighted by Gasteiger charge is -2.30. The molecule has 1 aromatic heterocycles. The van der Waals surface area contributed by atoms with Gasteiger partial charge in [0.15, 0.2) is 0 Å². The third-order valence-electron chi connectivity index (χ3n) is 2.98. The molecule has 1 heterocycles. The average Bonchev–Trinajstić information content (AvgIpc) is 2.86. The fraction of sp³-hybridized carbons (Fsp3) is 0.615. The predicted molar refractivity (Wildman–Crippen MR) is 82.9 cm³/mol. The van der Waals surface area contributed by atoms with E-state index in [1.807, 2.05) is 13.8 Å². The largest absolute Gasteiger partial charge is 0.465 e. The highest BCUT2D eigenvalue weighted by molar-refractivity contribution is 7.89. The molecule has 6 nitrogen and oxygen atoms in total. The molecule has 0 aliphatic rings. The van der Waals surface area contributed by atoms with Crippen LogP contribution in [-0.4, -0.2) is 33.6 Å². The number of rotatable bonds is 7. The highest BCUT2D eigenvalue weighted by Gasteiger charge is 2.33. The SMILES string of the molecule is COC(=O)c1sccc1S(=O)(=O)NC(C)(CN)CC(C)C. The van der Waals surface area contributed by atoms with Crippen LogP contribution in [0.25, 0.3) is 0 Å². The first kappa shape index (κ1) is 18.1. The van der Waals surface area contributed by atoms with E-state index in [1.165, 1.54) is 13.2 Å². The number of carbonyl (C=O) groups is 1. The standard InChI is InChI=1S/C13H22N2O4S2/c1-9(2)7-13(3,8-14)15-21(17,18)10-5-6-20-11(10)12(16)19-4/h5-6,9,15H,7-8,14H2,1-4H3. The van der Waals surface area contributed by atoms with Gasteiger partial charge in [-0.15, -0.1) is 11.3 Å². The third-order valence-corrected chi connectivity index (χ3v) is 5.68. The summed E-state index contributed by atoms with van der Waals surface area (Å²) in [6, 6.07) is 1.39. The van der Waals surface area contributed by atoms with Crippen molar-refractivity contribution >= 4 is 27.3 Å². The smallest absolute Gasteiger partial charge is 0.349 e. The summed E-state index contributed by atoms with van der Waals surface area (Å²) in [5.74, 6) is -0.382. The number of sulfonamides is 1. The number of ether oxygens (including phenoxy) is 1. The minimum atomic E-state index is -3.84. The molecule has 1 aromatic rings. The minimum absolute atomic E-state index is 0.0638. The molecule has 1 rings (SSSR count). The highest BCUT2D eigenvalue weighted by Crippen LogP contribution is 2.25. The number of hydrogen-bond donors (Lipinski definition) is 2. The van der Waals surface area contributed by atoms with Crippen molar-refractivity contribution in [1.29, 1.82) is 0 Å². The first-order valence-corrected chi connectivity index (χ1v) is 8.91. The zero-order valence-electron chi connectivity index (χ0n) is 12.7. The maximum Gasteiger partial charge on any atom is 0.349 e. The van der Waals surface area contributed by atoms with Gasteiger partial charge in [-0.2, -0.15) is 0 Å². The Kier molecular flexibility index (Phi) is 5.92. The molecular weight excluding hydrogens is 312 g/mol. The Hall–Kier alpha value is -0.960. The van der Waals surface area contributed by atoms with Crippen molar-refractivity contribution < 1.29 is 17.9 Å². The van der Waals surface area contributed by atoms with Gasteiger partial charge >= 0.3 is 5.97 Å². The third kappa shape index (κ3) is 4.50. The summed E-state index contributed by atoms with van der Waals surface area (Å²) in [5, 5.41) is 1.54. The van der Waals surface area contributed by atoms with Crippen molar-refractivity contribution in [1.82, 2.24) is 4.72 Å². The lowest BCUT2D eigenvalue weighted by Crippen LogP contribution is -2.52. The van der Waals surface area contributed by atoms with Crippen LogP contribution in [0.2, 0.25) is 0 Å². The summed E-state index contributed by atoms with van der Waals surface area (Å²) in [6.07, 6.45) is 0.598. The average molecular weight is 334 g/mol. The van der Waals surface area contributed by atoms with Crippen LogP contribution in [0.15, 0.2) is 16.3 Å². The Morgan fingerprint density at radius 1 is 1.52 bits per heavy atom. The second kappa shape index (κ2) is 6.87. The van der Waals surface area contributed by atoms with Crippen molar-refractivity contribution in [2.24, 2.45) is 11.7 Å². The molecule has 0 radical (unpaired) electrons. The summed E-state index contributed by atoms with van der Waals surface area (Å²) in [5.41, 5.74) is 4.96. The molecule has 0 fully saturated rings. The molecule has 120 valence electrons. The normalized spacial score (nSPS) is 15.0. The van der Waals surface area contributed by atoms with E-state index < -0.39 is 21.5 Å². The number of carbonyl (C=O) groups excluding carboxylic acids is 1. The summed E-state index contributed by atoms with van der Waals surface area (Å²) >= 11 is 1.03. The fourth-order valence-corrected chi connectivity index (χ4v) is 4.96. The van der Waals surface area contributed by atoms with Crippen LogP contribution in [-0.2, 0) is 14.8 Å². The summed E-state index contributed by atoms with van der Waals surface area (Å²) < 4.78 is 32.3. The van der Waals surface area contributed by atoms with Gasteiger partial charge in [-0.1, -0.05) is 13.8 Å². The van der Waals surface area contributed by atoms with E-state index in [0.29, 0.717) is 6.42 Å². The van der Waals surface area contributed by atoms with Crippen LogP contribution in [0.3, 0.4) is 0 Å². The lowest BCUT2D eigenvalue weighted by atomic mass is 9.92. The summed E-state index contributed by atoms with van der Waals surface area (Å²) in [7, 11) is -2.62. The van der Waals surface area contributed by atoms with Crippen molar-refractivity contribution in [3.63, 3.8) is 0 Å². The van der Waals surface area contributed by atoms with Gasteiger partial charge in [-0.3, -0.25) is 0 Å². The van der Waals surface area contributed by atoms with E-state index in [0.717, 1.165) is 11.3 Å². The van der Waals surface area contributed by atoms with E-state index in [9.17, 15) is 13.2 Å². The topological polar surface area (TPSA) is 98.5 Å². The number of nitrogens with two attached hydrogens (primary N) is 1. The van der Waals surface area contributed by atoms with Crippen molar-refractivity contribution in [3.05, 3.63) is 16.3 Å². The lowest BCUT2D eigenvalue weighted by molar-refractivity contribution is 0.0602. The van der Waals surface area contributed by atoms with Crippen LogP contribution in [0.4, 0.5) is 0 Å². The zero-order chi connectivity index (χ0) is 16.3. The van der Waals surface area contributed by atoms with Crippen LogP contribution in [0.5, 0.6) is 0 Å². The first-order chi connectivity index (χ1) is 9.65. The van der Waals surface area contributed by atoms with Crippen molar-refractivity contribution in [2.75, 3.05) is 13.7 Å². The maximum absolute atomic E-state index is 12.5. The Morgan fingerprint density at radius 2 is 2.14 bits per heavy atom. The van der Waals surface area contributed by atoms with Crippen molar-refractivity contribution in [2.45, 2.75) is 37.6 Å². The highest BCUT2D eigenvalue weighted by atomic mass is 32.2. The van der Waals surface area contributed by atoms with E-state index in [1.54, 1.807) is 12.3 Å². The second-order valence-electron chi connectivity index (χ2n) is 5.57. The maximum atomic E-state index is 12.5. The monoisotopic (exact) mass is 334 g/mol. The molecule has 3 N–H and O–H groups in total. The zero-order valence-corrected chi connectivity index (χ0v) is 14.3. The predicted octanol–water partition coefficient (Wildman–Crippen LogP) is 1.58.